The monoisotopic (exact) mass is 372 g/mol. The lowest BCUT2D eigenvalue weighted by molar-refractivity contribution is -0.139. The van der Waals surface area contributed by atoms with Gasteiger partial charge in [0.1, 0.15) is 0 Å². The van der Waals surface area contributed by atoms with Gasteiger partial charge in [0, 0.05) is 71.9 Å². The summed E-state index contributed by atoms with van der Waals surface area (Å²) in [5.41, 5.74) is 0. The molecule has 1 aliphatic heterocycles. The molecule has 2 amide bonds. The highest BCUT2D eigenvalue weighted by atomic mass is 16.4. The molecule has 1 rings (SSSR count). The van der Waals surface area contributed by atoms with Gasteiger partial charge in [0.2, 0.25) is 11.8 Å². The Morgan fingerprint density at radius 1 is 1.00 bits per heavy atom. The predicted octanol–water partition coefficient (Wildman–Crippen LogP) is -2.83. The van der Waals surface area contributed by atoms with Gasteiger partial charge in [-0.15, -0.1) is 0 Å². The normalized spacial score (nSPS) is 20.4. The number of nitrogens with zero attached hydrogens (tertiary/aromatic N) is 1. The molecular weight excluding hydrogens is 340 g/mol. The van der Waals surface area contributed by atoms with Gasteiger partial charge in [-0.2, -0.15) is 0 Å². The van der Waals surface area contributed by atoms with Gasteiger partial charge in [0.05, 0.1) is 13.0 Å². The summed E-state index contributed by atoms with van der Waals surface area (Å²) in [5, 5.41) is 24.4. The van der Waals surface area contributed by atoms with E-state index in [0.717, 1.165) is 26.2 Å². The molecule has 1 atom stereocenters. The molecule has 0 saturated carbocycles. The van der Waals surface area contributed by atoms with Crippen LogP contribution in [0.5, 0.6) is 0 Å². The third-order valence-electron chi connectivity index (χ3n) is 4.01. The number of carbonyl (C=O) groups is 3. The second-order valence-electron chi connectivity index (χ2n) is 6.26. The molecule has 0 radical (unpaired) electrons. The molecular formula is C16H32N6O4. The van der Waals surface area contributed by atoms with E-state index in [1.807, 2.05) is 4.90 Å². The van der Waals surface area contributed by atoms with Crippen LogP contribution >= 0.6 is 0 Å². The Labute approximate surface area is 154 Å². The molecule has 0 aromatic heterocycles. The van der Waals surface area contributed by atoms with Crippen molar-refractivity contribution in [3.05, 3.63) is 0 Å². The van der Waals surface area contributed by atoms with Gasteiger partial charge in [-0.1, -0.05) is 0 Å². The van der Waals surface area contributed by atoms with Crippen molar-refractivity contribution in [2.75, 3.05) is 65.4 Å². The van der Waals surface area contributed by atoms with Crippen molar-refractivity contribution in [2.45, 2.75) is 19.4 Å². The second-order valence-corrected chi connectivity index (χ2v) is 6.26. The summed E-state index contributed by atoms with van der Waals surface area (Å²) in [5.74, 6) is -1.21. The van der Waals surface area contributed by atoms with Gasteiger partial charge in [-0.05, 0) is 0 Å². The first-order chi connectivity index (χ1) is 12.5. The fraction of sp³-hybridized carbons (Fsp3) is 0.812. The SMILES string of the molecule is CC(=O)NCCNC(=O)CN1CCNCCNCCNCC1CC(=O)O. The minimum atomic E-state index is -0.883. The van der Waals surface area contributed by atoms with Crippen LogP contribution < -0.4 is 26.6 Å². The summed E-state index contributed by atoms with van der Waals surface area (Å²) < 4.78 is 0. The lowest BCUT2D eigenvalue weighted by atomic mass is 10.1. The van der Waals surface area contributed by atoms with E-state index < -0.39 is 5.97 Å². The average Bonchev–Trinajstić information content (AvgIpc) is 2.56. The van der Waals surface area contributed by atoms with Gasteiger partial charge < -0.3 is 31.7 Å². The van der Waals surface area contributed by atoms with Crippen molar-refractivity contribution in [3.8, 4) is 0 Å². The number of rotatable bonds is 7. The van der Waals surface area contributed by atoms with Crippen molar-refractivity contribution in [3.63, 3.8) is 0 Å². The molecule has 10 heteroatoms. The highest BCUT2D eigenvalue weighted by molar-refractivity contribution is 5.78. The zero-order valence-electron chi connectivity index (χ0n) is 15.5. The summed E-state index contributed by atoms with van der Waals surface area (Å²) in [4.78, 5) is 36.2. The summed E-state index contributed by atoms with van der Waals surface area (Å²) in [6.45, 7) is 7.27. The molecule has 0 aromatic carbocycles. The van der Waals surface area contributed by atoms with Crippen LogP contribution in [0.1, 0.15) is 13.3 Å². The fourth-order valence-electron chi connectivity index (χ4n) is 2.70. The van der Waals surface area contributed by atoms with Crippen LogP contribution in [0.15, 0.2) is 0 Å². The van der Waals surface area contributed by atoms with Crippen LogP contribution in [0.2, 0.25) is 0 Å². The Hall–Kier alpha value is -1.75. The smallest absolute Gasteiger partial charge is 0.304 e. The van der Waals surface area contributed by atoms with E-state index in [9.17, 15) is 19.5 Å². The Bertz CT molecular complexity index is 448. The largest absolute Gasteiger partial charge is 0.481 e. The van der Waals surface area contributed by atoms with Crippen LogP contribution in [0.3, 0.4) is 0 Å². The van der Waals surface area contributed by atoms with E-state index in [1.54, 1.807) is 0 Å². The first-order valence-corrected chi connectivity index (χ1v) is 9.08. The number of nitrogens with one attached hydrogen (secondary N) is 5. The molecule has 6 N–H and O–H groups in total. The highest BCUT2D eigenvalue weighted by Gasteiger charge is 2.23. The Morgan fingerprint density at radius 3 is 2.27 bits per heavy atom. The lowest BCUT2D eigenvalue weighted by Crippen LogP contribution is -2.51. The molecule has 26 heavy (non-hydrogen) atoms. The molecule has 150 valence electrons. The molecule has 0 aliphatic carbocycles. The molecule has 0 spiro atoms. The number of amides is 2. The third-order valence-corrected chi connectivity index (χ3v) is 4.01. The number of carboxylic acids is 1. The topological polar surface area (TPSA) is 135 Å². The van der Waals surface area contributed by atoms with Gasteiger partial charge >= 0.3 is 5.97 Å². The van der Waals surface area contributed by atoms with E-state index in [1.165, 1.54) is 6.92 Å². The van der Waals surface area contributed by atoms with Crippen molar-refractivity contribution >= 4 is 17.8 Å². The van der Waals surface area contributed by atoms with E-state index in [0.29, 0.717) is 32.7 Å². The number of carbonyl (C=O) groups excluding carboxylic acids is 2. The van der Waals surface area contributed by atoms with Crippen LogP contribution in [0.25, 0.3) is 0 Å². The number of aliphatic carboxylic acids is 1. The standard InChI is InChI=1S/C16H32N6O4/c1-13(23)20-6-7-21-15(24)12-22-9-8-18-3-2-17-4-5-19-11-14(22)10-16(25)26/h14,17-19H,2-12H2,1H3,(H,20,23)(H,21,24)(H,25,26). The molecule has 1 heterocycles. The maximum absolute atomic E-state index is 12.2. The van der Waals surface area contributed by atoms with E-state index in [2.05, 4.69) is 26.6 Å². The quantitative estimate of drug-likeness (QED) is 0.263. The number of carboxylic acid groups (broad SMARTS) is 1. The fourth-order valence-corrected chi connectivity index (χ4v) is 2.70. The lowest BCUT2D eigenvalue weighted by Gasteiger charge is -2.31. The van der Waals surface area contributed by atoms with Crippen molar-refractivity contribution in [2.24, 2.45) is 0 Å². The van der Waals surface area contributed by atoms with Crippen LogP contribution in [0.4, 0.5) is 0 Å². The highest BCUT2D eigenvalue weighted by Crippen LogP contribution is 2.04. The maximum Gasteiger partial charge on any atom is 0.304 e. The van der Waals surface area contributed by atoms with Gasteiger partial charge in [0.25, 0.3) is 0 Å². The van der Waals surface area contributed by atoms with E-state index in [-0.39, 0.29) is 30.8 Å². The molecule has 0 aromatic rings. The summed E-state index contributed by atoms with van der Waals surface area (Å²) in [6, 6.07) is -0.269. The molecule has 1 saturated heterocycles. The predicted molar refractivity (Wildman–Crippen MR) is 97.9 cm³/mol. The summed E-state index contributed by atoms with van der Waals surface area (Å²) >= 11 is 0. The molecule has 0 bridgehead atoms. The number of hydrogen-bond acceptors (Lipinski definition) is 7. The third kappa shape index (κ3) is 11.0. The van der Waals surface area contributed by atoms with Gasteiger partial charge in [-0.3, -0.25) is 19.3 Å². The van der Waals surface area contributed by atoms with E-state index >= 15 is 0 Å². The summed E-state index contributed by atoms with van der Waals surface area (Å²) in [6.07, 6.45) is -0.0282. The second kappa shape index (κ2) is 13.5. The van der Waals surface area contributed by atoms with Crippen molar-refractivity contribution in [1.82, 2.24) is 31.5 Å². The zero-order chi connectivity index (χ0) is 19.2. The number of hydrogen-bond donors (Lipinski definition) is 6. The first kappa shape index (κ1) is 22.3. The van der Waals surface area contributed by atoms with Gasteiger partial charge in [0.15, 0.2) is 0 Å². The van der Waals surface area contributed by atoms with Crippen molar-refractivity contribution in [1.29, 1.82) is 0 Å². The zero-order valence-corrected chi connectivity index (χ0v) is 15.5. The van der Waals surface area contributed by atoms with Gasteiger partial charge in [-0.25, -0.2) is 0 Å². The molecule has 10 nitrogen and oxygen atoms in total. The van der Waals surface area contributed by atoms with Crippen LogP contribution in [-0.4, -0.2) is 99.3 Å². The Balaban J connectivity index is 2.58. The van der Waals surface area contributed by atoms with Crippen LogP contribution in [0, 0.1) is 0 Å². The van der Waals surface area contributed by atoms with E-state index in [4.69, 9.17) is 0 Å². The van der Waals surface area contributed by atoms with Crippen molar-refractivity contribution < 1.29 is 19.5 Å². The molecule has 1 fully saturated rings. The Morgan fingerprint density at radius 2 is 1.62 bits per heavy atom. The Kier molecular flexibility index (Phi) is 11.5. The first-order valence-electron chi connectivity index (χ1n) is 9.08. The minimum absolute atomic E-state index is 0.0282. The summed E-state index contributed by atoms with van der Waals surface area (Å²) in [7, 11) is 0. The minimum Gasteiger partial charge on any atom is -0.481 e. The van der Waals surface area contributed by atoms with Crippen LogP contribution in [-0.2, 0) is 14.4 Å². The molecule has 1 unspecified atom stereocenters. The average molecular weight is 372 g/mol. The molecule has 1 aliphatic rings. The maximum atomic E-state index is 12.2.